The minimum Gasteiger partial charge on any atom is -0.253 e. The molecule has 78 valence electrons. The Morgan fingerprint density at radius 3 is 2.80 bits per heavy atom. The summed E-state index contributed by atoms with van der Waals surface area (Å²) >= 11 is 3.64. The summed E-state index contributed by atoms with van der Waals surface area (Å²) < 4.78 is 0. The van der Waals surface area contributed by atoms with Gasteiger partial charge in [-0.05, 0) is 18.6 Å². The maximum atomic E-state index is 4.63. The van der Waals surface area contributed by atoms with Crippen LogP contribution >= 0.6 is 15.9 Å². The summed E-state index contributed by atoms with van der Waals surface area (Å²) in [5.74, 6) is 0. The number of benzene rings is 1. The number of aromatic nitrogens is 1. The van der Waals surface area contributed by atoms with Gasteiger partial charge in [0.15, 0.2) is 0 Å². The number of pyridine rings is 1. The Kier molecular flexibility index (Phi) is 3.37. The van der Waals surface area contributed by atoms with Gasteiger partial charge in [-0.2, -0.15) is 0 Å². The molecule has 0 saturated heterocycles. The van der Waals surface area contributed by atoms with Gasteiger partial charge >= 0.3 is 0 Å². The van der Waals surface area contributed by atoms with Gasteiger partial charge in [0.2, 0.25) is 0 Å². The van der Waals surface area contributed by atoms with Gasteiger partial charge in [-0.1, -0.05) is 47.1 Å². The summed E-state index contributed by atoms with van der Waals surface area (Å²) in [6, 6.07) is 12.5. The van der Waals surface area contributed by atoms with Gasteiger partial charge in [0.05, 0.1) is 5.52 Å². The fourth-order valence-corrected chi connectivity index (χ4v) is 1.92. The number of halogens is 1. The van der Waals surface area contributed by atoms with Crippen LogP contribution in [0.25, 0.3) is 10.9 Å². The third kappa shape index (κ3) is 2.57. The molecule has 2 aromatic rings. The molecule has 0 aliphatic rings. The van der Waals surface area contributed by atoms with Crippen molar-refractivity contribution < 1.29 is 0 Å². The highest BCUT2D eigenvalue weighted by Gasteiger charge is 2.04. The lowest BCUT2D eigenvalue weighted by atomic mass is 10.1. The van der Waals surface area contributed by atoms with Crippen LogP contribution in [0.5, 0.6) is 0 Å². The number of hydrogen-bond acceptors (Lipinski definition) is 1. The van der Waals surface area contributed by atoms with Crippen LogP contribution in [-0.4, -0.2) is 9.81 Å². The van der Waals surface area contributed by atoms with E-state index in [1.807, 2.05) is 12.1 Å². The second-order valence-electron chi connectivity index (χ2n) is 3.70. The van der Waals surface area contributed by atoms with E-state index in [0.717, 1.165) is 24.1 Å². The van der Waals surface area contributed by atoms with Crippen LogP contribution in [0.4, 0.5) is 0 Å². The van der Waals surface area contributed by atoms with E-state index >= 15 is 0 Å². The molecule has 1 atom stereocenters. The van der Waals surface area contributed by atoms with Crippen molar-refractivity contribution in [3.05, 3.63) is 42.1 Å². The quantitative estimate of drug-likeness (QED) is 0.765. The number of alkyl halides is 1. The Labute approximate surface area is 98.7 Å². The van der Waals surface area contributed by atoms with Crippen molar-refractivity contribution in [2.75, 3.05) is 0 Å². The maximum absolute atomic E-state index is 4.63. The van der Waals surface area contributed by atoms with Crippen LogP contribution in [0.1, 0.15) is 19.0 Å². The second kappa shape index (κ2) is 4.75. The Morgan fingerprint density at radius 2 is 2.00 bits per heavy atom. The minimum atomic E-state index is 0.533. The van der Waals surface area contributed by atoms with Crippen molar-refractivity contribution in [1.29, 1.82) is 0 Å². The molecule has 0 aliphatic heterocycles. The predicted octanol–water partition coefficient (Wildman–Crippen LogP) is 3.95. The summed E-state index contributed by atoms with van der Waals surface area (Å²) in [5, 5.41) is 1.21. The number of hydrogen-bond donors (Lipinski definition) is 0. The van der Waals surface area contributed by atoms with Gasteiger partial charge in [0.1, 0.15) is 0 Å². The maximum Gasteiger partial charge on any atom is 0.0705 e. The smallest absolute Gasteiger partial charge is 0.0705 e. The number of nitrogens with zero attached hydrogens (tertiary/aromatic N) is 1. The highest BCUT2D eigenvalue weighted by Crippen LogP contribution is 2.15. The molecule has 0 spiro atoms. The summed E-state index contributed by atoms with van der Waals surface area (Å²) in [7, 11) is 0. The molecule has 0 radical (unpaired) electrons. The molecule has 0 bridgehead atoms. The monoisotopic (exact) mass is 263 g/mol. The van der Waals surface area contributed by atoms with Crippen molar-refractivity contribution >= 4 is 26.8 Å². The van der Waals surface area contributed by atoms with Gasteiger partial charge in [0, 0.05) is 22.3 Å². The first-order chi connectivity index (χ1) is 7.29. The molecular formula is C13H14BrN. The van der Waals surface area contributed by atoms with Gasteiger partial charge in [-0.3, -0.25) is 4.98 Å². The van der Waals surface area contributed by atoms with Crippen LogP contribution in [0, 0.1) is 0 Å². The molecule has 0 fully saturated rings. The number of para-hydroxylation sites is 1. The first-order valence-corrected chi connectivity index (χ1v) is 6.20. The molecule has 1 unspecified atom stereocenters. The lowest BCUT2D eigenvalue weighted by Crippen LogP contribution is -2.02. The third-order valence-corrected chi connectivity index (χ3v) is 3.50. The largest absolute Gasteiger partial charge is 0.253 e. The predicted molar refractivity (Wildman–Crippen MR) is 68.5 cm³/mol. The van der Waals surface area contributed by atoms with Crippen LogP contribution in [0.15, 0.2) is 36.4 Å². The average molecular weight is 264 g/mol. The van der Waals surface area contributed by atoms with Crippen molar-refractivity contribution in [2.45, 2.75) is 24.6 Å². The van der Waals surface area contributed by atoms with Gasteiger partial charge in [-0.15, -0.1) is 0 Å². The fourth-order valence-electron chi connectivity index (χ4n) is 1.59. The van der Waals surface area contributed by atoms with Crippen molar-refractivity contribution in [2.24, 2.45) is 0 Å². The molecule has 1 aromatic carbocycles. The lowest BCUT2D eigenvalue weighted by molar-refractivity contribution is 0.813. The minimum absolute atomic E-state index is 0.533. The van der Waals surface area contributed by atoms with Gasteiger partial charge in [0.25, 0.3) is 0 Å². The highest BCUT2D eigenvalue weighted by atomic mass is 79.9. The molecule has 15 heavy (non-hydrogen) atoms. The van der Waals surface area contributed by atoms with Crippen LogP contribution < -0.4 is 0 Å². The number of rotatable bonds is 3. The summed E-state index contributed by atoms with van der Waals surface area (Å²) in [6.07, 6.45) is 2.13. The van der Waals surface area contributed by atoms with E-state index in [4.69, 9.17) is 0 Å². The molecule has 0 amide bonds. The standard InChI is InChI=1S/C13H14BrN/c1-2-11(14)9-12-8-7-10-5-3-4-6-13(10)15-12/h3-8,11H,2,9H2,1H3. The molecule has 1 nitrogen and oxygen atoms in total. The fraction of sp³-hybridized carbons (Fsp3) is 0.308. The average Bonchev–Trinajstić information content (AvgIpc) is 2.29. The zero-order valence-corrected chi connectivity index (χ0v) is 10.4. The Hall–Kier alpha value is -0.890. The molecule has 2 rings (SSSR count). The van der Waals surface area contributed by atoms with E-state index in [0.29, 0.717) is 4.83 Å². The van der Waals surface area contributed by atoms with Gasteiger partial charge < -0.3 is 0 Å². The molecule has 0 N–H and O–H groups in total. The van der Waals surface area contributed by atoms with Crippen LogP contribution in [0.3, 0.4) is 0 Å². The van der Waals surface area contributed by atoms with Crippen molar-refractivity contribution in [3.63, 3.8) is 0 Å². The normalized spacial score (nSPS) is 12.9. The summed E-state index contributed by atoms with van der Waals surface area (Å²) in [5.41, 5.74) is 2.25. The Bertz CT molecular complexity index is 453. The Balaban J connectivity index is 2.30. The van der Waals surface area contributed by atoms with Crippen LogP contribution in [0.2, 0.25) is 0 Å². The molecule has 0 aliphatic carbocycles. The van der Waals surface area contributed by atoms with E-state index < -0.39 is 0 Å². The summed E-state index contributed by atoms with van der Waals surface area (Å²) in [4.78, 5) is 5.17. The second-order valence-corrected chi connectivity index (χ2v) is 5.00. The molecule has 1 heterocycles. The molecule has 1 aromatic heterocycles. The van der Waals surface area contributed by atoms with E-state index in [1.165, 1.54) is 5.39 Å². The zero-order valence-electron chi connectivity index (χ0n) is 8.78. The third-order valence-electron chi connectivity index (χ3n) is 2.53. The van der Waals surface area contributed by atoms with Crippen molar-refractivity contribution in [1.82, 2.24) is 4.98 Å². The lowest BCUT2D eigenvalue weighted by Gasteiger charge is -2.06. The molecular weight excluding hydrogens is 250 g/mol. The first-order valence-electron chi connectivity index (χ1n) is 5.28. The topological polar surface area (TPSA) is 12.9 Å². The number of fused-ring (bicyclic) bond motifs is 1. The highest BCUT2D eigenvalue weighted by molar-refractivity contribution is 9.09. The Morgan fingerprint density at radius 1 is 1.20 bits per heavy atom. The summed E-state index contributed by atoms with van der Waals surface area (Å²) in [6.45, 7) is 2.18. The van der Waals surface area contributed by atoms with E-state index in [-0.39, 0.29) is 0 Å². The van der Waals surface area contributed by atoms with E-state index in [9.17, 15) is 0 Å². The van der Waals surface area contributed by atoms with E-state index in [1.54, 1.807) is 0 Å². The van der Waals surface area contributed by atoms with E-state index in [2.05, 4.69) is 52.1 Å². The first kappa shape index (κ1) is 10.6. The molecule has 0 saturated carbocycles. The van der Waals surface area contributed by atoms with Crippen molar-refractivity contribution in [3.8, 4) is 0 Å². The zero-order chi connectivity index (χ0) is 10.7. The van der Waals surface area contributed by atoms with Gasteiger partial charge in [-0.25, -0.2) is 0 Å². The SMILES string of the molecule is CCC(Br)Cc1ccc2ccccc2n1. The molecule has 2 heteroatoms. The van der Waals surface area contributed by atoms with Crippen LogP contribution in [-0.2, 0) is 6.42 Å².